The third-order valence-corrected chi connectivity index (χ3v) is 4.01. The van der Waals surface area contributed by atoms with Crippen LogP contribution in [0.4, 0.5) is 0 Å². The van der Waals surface area contributed by atoms with Crippen LogP contribution < -0.4 is 5.32 Å². The van der Waals surface area contributed by atoms with Gasteiger partial charge in [-0.15, -0.1) is 0 Å². The molecule has 3 nitrogen and oxygen atoms in total. The van der Waals surface area contributed by atoms with Gasteiger partial charge in [-0.05, 0) is 62.7 Å². The molecule has 100 valence electrons. The molecule has 0 saturated carbocycles. The minimum atomic E-state index is -1.00. The number of benzene rings is 1. The van der Waals surface area contributed by atoms with Crippen LogP contribution in [0.3, 0.4) is 0 Å². The Hall–Kier alpha value is -0.870. The Morgan fingerprint density at radius 3 is 2.33 bits per heavy atom. The van der Waals surface area contributed by atoms with Crippen molar-refractivity contribution < 1.29 is 9.90 Å². The van der Waals surface area contributed by atoms with E-state index >= 15 is 0 Å². The minimum absolute atomic E-state index is 0.197. The van der Waals surface area contributed by atoms with Crippen molar-refractivity contribution in [2.75, 3.05) is 0 Å². The Labute approximate surface area is 117 Å². The van der Waals surface area contributed by atoms with Crippen molar-refractivity contribution in [3.05, 3.63) is 33.8 Å². The number of carbonyl (C=O) groups is 1. The molecule has 18 heavy (non-hydrogen) atoms. The molecule has 0 radical (unpaired) electrons. The summed E-state index contributed by atoms with van der Waals surface area (Å²) in [6.45, 7) is 8.89. The molecule has 0 fully saturated rings. The molecule has 2 N–H and O–H groups in total. The first kappa shape index (κ1) is 15.2. The number of aliphatic hydroxyl groups is 1. The number of amides is 1. The first-order valence-electron chi connectivity index (χ1n) is 5.85. The van der Waals surface area contributed by atoms with Crippen molar-refractivity contribution in [3.8, 4) is 0 Å². The van der Waals surface area contributed by atoms with Crippen LogP contribution in [-0.4, -0.2) is 22.2 Å². The molecule has 0 unspecified atom stereocenters. The lowest BCUT2D eigenvalue weighted by Crippen LogP contribution is -2.57. The molecule has 1 amide bonds. The standard InChI is InChI=1S/C14H20BrNO2/c1-9-6-7-11(15)10(8-9)12(17)16-13(2,3)14(4,5)18/h6-8,18H,1-5H3,(H,16,17). The maximum atomic E-state index is 12.2. The van der Waals surface area contributed by atoms with Crippen LogP contribution in [0.2, 0.25) is 0 Å². The smallest absolute Gasteiger partial charge is 0.252 e. The van der Waals surface area contributed by atoms with Crippen LogP contribution in [0.25, 0.3) is 0 Å². The van der Waals surface area contributed by atoms with E-state index in [1.54, 1.807) is 27.7 Å². The largest absolute Gasteiger partial charge is 0.388 e. The molecule has 0 saturated heterocycles. The molecule has 0 aliphatic carbocycles. The third kappa shape index (κ3) is 3.33. The lowest BCUT2D eigenvalue weighted by atomic mass is 9.85. The van der Waals surface area contributed by atoms with Gasteiger partial charge in [-0.25, -0.2) is 0 Å². The highest BCUT2D eigenvalue weighted by atomic mass is 79.9. The highest BCUT2D eigenvalue weighted by molar-refractivity contribution is 9.10. The van der Waals surface area contributed by atoms with Crippen molar-refractivity contribution in [1.82, 2.24) is 5.32 Å². The second kappa shape index (κ2) is 5.02. The first-order chi connectivity index (χ1) is 8.04. The lowest BCUT2D eigenvalue weighted by molar-refractivity contribution is -0.00294. The summed E-state index contributed by atoms with van der Waals surface area (Å²) in [5, 5.41) is 12.9. The van der Waals surface area contributed by atoms with Gasteiger partial charge in [-0.1, -0.05) is 11.6 Å². The zero-order valence-electron chi connectivity index (χ0n) is 11.5. The summed E-state index contributed by atoms with van der Waals surface area (Å²) in [7, 11) is 0. The Bertz CT molecular complexity index is 461. The fraction of sp³-hybridized carbons (Fsp3) is 0.500. The highest BCUT2D eigenvalue weighted by Gasteiger charge is 2.36. The van der Waals surface area contributed by atoms with Crippen molar-refractivity contribution in [3.63, 3.8) is 0 Å². The van der Waals surface area contributed by atoms with Gasteiger partial charge in [-0.3, -0.25) is 4.79 Å². The normalized spacial score (nSPS) is 12.4. The van der Waals surface area contributed by atoms with Crippen LogP contribution in [0.5, 0.6) is 0 Å². The van der Waals surface area contributed by atoms with Gasteiger partial charge >= 0.3 is 0 Å². The number of halogens is 1. The summed E-state index contributed by atoms with van der Waals surface area (Å²) in [5.41, 5.74) is -0.122. The zero-order chi connectivity index (χ0) is 14.1. The van der Waals surface area contributed by atoms with Gasteiger partial charge in [0.05, 0.1) is 16.7 Å². The molecule has 0 bridgehead atoms. The molecule has 0 aromatic heterocycles. The molecule has 0 aliphatic heterocycles. The van der Waals surface area contributed by atoms with E-state index in [1.807, 2.05) is 25.1 Å². The monoisotopic (exact) mass is 313 g/mol. The fourth-order valence-electron chi connectivity index (χ4n) is 1.32. The second-order valence-electron chi connectivity index (χ2n) is 5.62. The van der Waals surface area contributed by atoms with Gasteiger partial charge in [0, 0.05) is 4.47 Å². The molecule has 4 heteroatoms. The van der Waals surface area contributed by atoms with Crippen molar-refractivity contribution in [2.24, 2.45) is 0 Å². The molecule has 0 atom stereocenters. The van der Waals surface area contributed by atoms with E-state index in [0.717, 1.165) is 10.0 Å². The van der Waals surface area contributed by atoms with E-state index < -0.39 is 11.1 Å². The second-order valence-corrected chi connectivity index (χ2v) is 6.48. The number of nitrogens with one attached hydrogen (secondary N) is 1. The van der Waals surface area contributed by atoms with Crippen molar-refractivity contribution in [1.29, 1.82) is 0 Å². The minimum Gasteiger partial charge on any atom is -0.388 e. The van der Waals surface area contributed by atoms with E-state index in [-0.39, 0.29) is 5.91 Å². The third-order valence-electron chi connectivity index (χ3n) is 3.32. The van der Waals surface area contributed by atoms with Gasteiger partial charge in [0.2, 0.25) is 0 Å². The number of carbonyl (C=O) groups excluding carboxylic acids is 1. The predicted octanol–water partition coefficient (Wildman–Crippen LogP) is 3.04. The summed E-state index contributed by atoms with van der Waals surface area (Å²) in [5.74, 6) is -0.197. The Balaban J connectivity index is 3.00. The number of aryl methyl sites for hydroxylation is 1. The molecular formula is C14H20BrNO2. The van der Waals surface area contributed by atoms with Crippen LogP contribution in [0.15, 0.2) is 22.7 Å². The van der Waals surface area contributed by atoms with Gasteiger partial charge in [0.1, 0.15) is 0 Å². The van der Waals surface area contributed by atoms with Gasteiger partial charge < -0.3 is 10.4 Å². The summed E-state index contributed by atoms with van der Waals surface area (Å²) in [6.07, 6.45) is 0. The summed E-state index contributed by atoms with van der Waals surface area (Å²) in [6, 6.07) is 5.60. The molecule has 1 aromatic rings. The average Bonchev–Trinajstić information content (AvgIpc) is 2.19. The zero-order valence-corrected chi connectivity index (χ0v) is 13.1. The first-order valence-corrected chi connectivity index (χ1v) is 6.65. The van der Waals surface area contributed by atoms with Gasteiger partial charge in [-0.2, -0.15) is 0 Å². The molecule has 1 aromatic carbocycles. The maximum Gasteiger partial charge on any atom is 0.252 e. The van der Waals surface area contributed by atoms with E-state index in [2.05, 4.69) is 21.2 Å². The molecule has 0 spiro atoms. The van der Waals surface area contributed by atoms with Crippen molar-refractivity contribution in [2.45, 2.75) is 45.8 Å². The lowest BCUT2D eigenvalue weighted by Gasteiger charge is -2.38. The highest BCUT2D eigenvalue weighted by Crippen LogP contribution is 2.23. The van der Waals surface area contributed by atoms with E-state index in [4.69, 9.17) is 0 Å². The molecule has 0 heterocycles. The Morgan fingerprint density at radius 1 is 1.28 bits per heavy atom. The van der Waals surface area contributed by atoms with Crippen molar-refractivity contribution >= 4 is 21.8 Å². The number of hydrogen-bond donors (Lipinski definition) is 2. The number of rotatable bonds is 3. The van der Waals surface area contributed by atoms with Gasteiger partial charge in [0.15, 0.2) is 0 Å². The van der Waals surface area contributed by atoms with Crippen LogP contribution in [-0.2, 0) is 0 Å². The quantitative estimate of drug-likeness (QED) is 0.901. The van der Waals surface area contributed by atoms with Crippen LogP contribution >= 0.6 is 15.9 Å². The average molecular weight is 314 g/mol. The van der Waals surface area contributed by atoms with Crippen LogP contribution in [0, 0.1) is 6.92 Å². The SMILES string of the molecule is Cc1ccc(Br)c(C(=O)NC(C)(C)C(C)(C)O)c1. The van der Waals surface area contributed by atoms with E-state index in [0.29, 0.717) is 5.56 Å². The van der Waals surface area contributed by atoms with E-state index in [9.17, 15) is 9.90 Å². The molecule has 1 rings (SSSR count). The predicted molar refractivity (Wildman–Crippen MR) is 76.7 cm³/mol. The Morgan fingerprint density at radius 2 is 1.83 bits per heavy atom. The summed E-state index contributed by atoms with van der Waals surface area (Å²) >= 11 is 3.37. The topological polar surface area (TPSA) is 49.3 Å². The van der Waals surface area contributed by atoms with Crippen LogP contribution in [0.1, 0.15) is 43.6 Å². The summed E-state index contributed by atoms with van der Waals surface area (Å²) in [4.78, 5) is 12.2. The van der Waals surface area contributed by atoms with Gasteiger partial charge in [0.25, 0.3) is 5.91 Å². The fourth-order valence-corrected chi connectivity index (χ4v) is 1.74. The number of hydrogen-bond acceptors (Lipinski definition) is 2. The maximum absolute atomic E-state index is 12.2. The Kier molecular flexibility index (Phi) is 4.23. The van der Waals surface area contributed by atoms with E-state index in [1.165, 1.54) is 0 Å². The molecule has 0 aliphatic rings. The summed E-state index contributed by atoms with van der Waals surface area (Å²) < 4.78 is 0.747. The molecular weight excluding hydrogens is 294 g/mol.